The Kier molecular flexibility index (Phi) is 1.26. The smallest absolute Gasteiger partial charge is 0.276 e. The molecule has 1 rings (SSSR count). The lowest BCUT2D eigenvalue weighted by molar-refractivity contribution is 0.125. The Morgan fingerprint density at radius 1 is 1.11 bits per heavy atom. The summed E-state index contributed by atoms with van der Waals surface area (Å²) >= 11 is 0. The monoisotopic (exact) mass is 131 g/mol. The lowest BCUT2D eigenvalue weighted by Gasteiger charge is -1.88. The van der Waals surface area contributed by atoms with Crippen LogP contribution in [0.25, 0.3) is 0 Å². The first-order valence-electron chi connectivity index (χ1n) is 1.88. The summed E-state index contributed by atoms with van der Waals surface area (Å²) in [6.07, 6.45) is -2.03. The first-order chi connectivity index (χ1) is 4.29. The molecule has 9 heavy (non-hydrogen) atoms. The van der Waals surface area contributed by atoms with Crippen molar-refractivity contribution >= 4 is 12.2 Å². The van der Waals surface area contributed by atoms with Crippen molar-refractivity contribution in [2.24, 2.45) is 10.6 Å². The van der Waals surface area contributed by atoms with Crippen LogP contribution in [0.3, 0.4) is 0 Å². The molecular formula is C2HN3O4. The van der Waals surface area contributed by atoms with Crippen molar-refractivity contribution in [3.8, 4) is 0 Å². The summed E-state index contributed by atoms with van der Waals surface area (Å²) in [6.45, 7) is 0. The number of imide groups is 1. The largest absolute Gasteiger partial charge is 0.444 e. The van der Waals surface area contributed by atoms with Crippen LogP contribution in [0.4, 0.5) is 9.59 Å². The van der Waals surface area contributed by atoms with Gasteiger partial charge in [-0.1, -0.05) is 0 Å². The van der Waals surface area contributed by atoms with Gasteiger partial charge in [-0.25, -0.2) is 14.9 Å². The predicted molar refractivity (Wildman–Crippen MR) is 21.0 cm³/mol. The number of rotatable bonds is 0. The van der Waals surface area contributed by atoms with Gasteiger partial charge >= 0.3 is 12.2 Å². The maximum atomic E-state index is 10.1. The lowest BCUT2D eigenvalue weighted by Crippen LogP contribution is -2.27. The zero-order valence-electron chi connectivity index (χ0n) is 4.03. The molecule has 0 unspecified atom stereocenters. The second-order valence-corrected chi connectivity index (χ2v) is 1.05. The molecule has 0 radical (unpaired) electrons. The number of nitrogens with one attached hydrogen (secondary N) is 1. The summed E-state index contributed by atoms with van der Waals surface area (Å²) in [7, 11) is 0. The van der Waals surface area contributed by atoms with Crippen molar-refractivity contribution < 1.29 is 19.3 Å². The van der Waals surface area contributed by atoms with Gasteiger partial charge in [-0.15, -0.1) is 0 Å². The number of carbonyl (C=O) groups is 2. The second-order valence-electron chi connectivity index (χ2n) is 1.05. The van der Waals surface area contributed by atoms with Gasteiger partial charge in [0.15, 0.2) is 0 Å². The number of amides is 2. The lowest BCUT2D eigenvalue weighted by atomic mass is 11.0. The Bertz CT molecular complexity index is 157. The van der Waals surface area contributed by atoms with E-state index in [1.807, 2.05) is 0 Å². The molecule has 0 aromatic rings. The molecule has 0 aromatic carbocycles. The molecule has 7 heteroatoms. The molecule has 1 aliphatic heterocycles. The van der Waals surface area contributed by atoms with E-state index in [1.54, 1.807) is 5.32 Å². The maximum absolute atomic E-state index is 10.1. The summed E-state index contributed by atoms with van der Waals surface area (Å²) in [6, 6.07) is 0. The van der Waals surface area contributed by atoms with Crippen LogP contribution in [-0.4, -0.2) is 12.2 Å². The highest BCUT2D eigenvalue weighted by molar-refractivity contribution is 5.87. The van der Waals surface area contributed by atoms with Gasteiger partial charge in [0.1, 0.15) is 0 Å². The fourth-order valence-electron chi connectivity index (χ4n) is 0.236. The molecule has 2 amide bonds. The standard InChI is InChI=1S/C2HN3O4/c6-1-3-2(7)9-5-4-8-1/h(H,3,6,7). The van der Waals surface area contributed by atoms with Crippen molar-refractivity contribution in [1.29, 1.82) is 0 Å². The van der Waals surface area contributed by atoms with E-state index in [4.69, 9.17) is 0 Å². The highest BCUT2D eigenvalue weighted by atomic mass is 16.8. The van der Waals surface area contributed by atoms with Gasteiger partial charge in [0.25, 0.3) is 0 Å². The third-order valence-corrected chi connectivity index (χ3v) is 0.485. The first-order valence-corrected chi connectivity index (χ1v) is 1.88. The van der Waals surface area contributed by atoms with E-state index in [0.29, 0.717) is 0 Å². The predicted octanol–water partition coefficient (Wildman–Crippen LogP) is 0.145. The average Bonchev–Trinajstić information content (AvgIpc) is 1.93. The molecule has 0 bridgehead atoms. The van der Waals surface area contributed by atoms with E-state index in [9.17, 15) is 9.59 Å². The van der Waals surface area contributed by atoms with Crippen molar-refractivity contribution in [3.05, 3.63) is 0 Å². The maximum Gasteiger partial charge on any atom is 0.444 e. The number of carbonyl (C=O) groups excluding carboxylic acids is 2. The molecule has 0 aliphatic carbocycles. The van der Waals surface area contributed by atoms with Crippen molar-refractivity contribution in [1.82, 2.24) is 5.32 Å². The normalized spacial score (nSPS) is 17.3. The molecule has 0 atom stereocenters. The zero-order valence-corrected chi connectivity index (χ0v) is 4.03. The van der Waals surface area contributed by atoms with Crippen LogP contribution in [-0.2, 0) is 9.68 Å². The van der Waals surface area contributed by atoms with Crippen LogP contribution < -0.4 is 5.32 Å². The quantitative estimate of drug-likeness (QED) is 0.506. The molecule has 0 fully saturated rings. The highest BCUT2D eigenvalue weighted by Crippen LogP contribution is 1.90. The second kappa shape index (κ2) is 2.07. The van der Waals surface area contributed by atoms with Crippen LogP contribution >= 0.6 is 0 Å². The number of nitrogens with zero attached hydrogens (tertiary/aromatic N) is 2. The van der Waals surface area contributed by atoms with E-state index >= 15 is 0 Å². The molecule has 0 saturated heterocycles. The third kappa shape index (κ3) is 1.37. The van der Waals surface area contributed by atoms with Crippen LogP contribution in [0, 0.1) is 0 Å². The van der Waals surface area contributed by atoms with Crippen LogP contribution in [0.1, 0.15) is 0 Å². The summed E-state index contributed by atoms with van der Waals surface area (Å²) in [5, 5.41) is 6.98. The zero-order chi connectivity index (χ0) is 6.69. The minimum Gasteiger partial charge on any atom is -0.276 e. The summed E-state index contributed by atoms with van der Waals surface area (Å²) in [4.78, 5) is 27.9. The molecular weight excluding hydrogens is 130 g/mol. The Morgan fingerprint density at radius 3 is 2.00 bits per heavy atom. The van der Waals surface area contributed by atoms with E-state index in [2.05, 4.69) is 20.2 Å². The Hall–Kier alpha value is -1.66. The summed E-state index contributed by atoms with van der Waals surface area (Å²) in [5.74, 6) is 0. The fraction of sp³-hybridized carbons (Fsp3) is 0. The SMILES string of the molecule is O=C1NC(=O)ON=NO1. The van der Waals surface area contributed by atoms with Gasteiger partial charge in [0.2, 0.25) is 0 Å². The Morgan fingerprint density at radius 2 is 1.56 bits per heavy atom. The highest BCUT2D eigenvalue weighted by Gasteiger charge is 2.12. The van der Waals surface area contributed by atoms with Gasteiger partial charge in [-0.3, -0.25) is 9.68 Å². The summed E-state index contributed by atoms with van der Waals surface area (Å²) in [5.41, 5.74) is 0. The van der Waals surface area contributed by atoms with E-state index in [0.717, 1.165) is 0 Å². The Labute approximate surface area is 48.6 Å². The van der Waals surface area contributed by atoms with Gasteiger partial charge in [0.05, 0.1) is 10.6 Å². The van der Waals surface area contributed by atoms with Gasteiger partial charge < -0.3 is 0 Å². The molecule has 1 N–H and O–H groups in total. The van der Waals surface area contributed by atoms with Gasteiger partial charge in [0, 0.05) is 0 Å². The minimum atomic E-state index is -1.01. The molecule has 1 heterocycles. The van der Waals surface area contributed by atoms with Crippen LogP contribution in [0.2, 0.25) is 0 Å². The first kappa shape index (κ1) is 5.48. The topological polar surface area (TPSA) is 89.4 Å². The molecule has 1 aliphatic rings. The number of hydrogen-bond donors (Lipinski definition) is 1. The van der Waals surface area contributed by atoms with E-state index < -0.39 is 12.2 Å². The third-order valence-electron chi connectivity index (χ3n) is 0.485. The van der Waals surface area contributed by atoms with Crippen LogP contribution in [0.15, 0.2) is 10.6 Å². The van der Waals surface area contributed by atoms with Crippen molar-refractivity contribution in [3.63, 3.8) is 0 Å². The Balaban J connectivity index is 2.60. The molecule has 0 saturated carbocycles. The molecule has 48 valence electrons. The summed E-state index contributed by atoms with van der Waals surface area (Å²) < 4.78 is 0. The molecule has 7 nitrogen and oxygen atoms in total. The minimum absolute atomic E-state index is 1.01. The van der Waals surface area contributed by atoms with Gasteiger partial charge in [-0.05, 0) is 0 Å². The number of hydrogen-bond acceptors (Lipinski definition) is 6. The van der Waals surface area contributed by atoms with Crippen LogP contribution in [0.5, 0.6) is 0 Å². The molecule has 0 spiro atoms. The molecule has 0 aromatic heterocycles. The van der Waals surface area contributed by atoms with Crippen molar-refractivity contribution in [2.75, 3.05) is 0 Å². The van der Waals surface area contributed by atoms with Crippen molar-refractivity contribution in [2.45, 2.75) is 0 Å². The van der Waals surface area contributed by atoms with Gasteiger partial charge in [-0.2, -0.15) is 0 Å². The van der Waals surface area contributed by atoms with E-state index in [1.165, 1.54) is 0 Å². The average molecular weight is 131 g/mol. The van der Waals surface area contributed by atoms with E-state index in [-0.39, 0.29) is 0 Å². The fourth-order valence-corrected chi connectivity index (χ4v) is 0.236.